The second-order valence-corrected chi connectivity index (χ2v) is 6.43. The zero-order chi connectivity index (χ0) is 13.9. The molecule has 1 saturated carbocycles. The number of carbonyl (C=O) groups excluding carboxylic acids is 1. The first-order chi connectivity index (χ1) is 9.08. The molecule has 1 aromatic rings. The molecular weight excluding hydrogens is 286 g/mol. The molecular formula is C12H16ClN3O2S. The Hall–Kier alpha value is -1.27. The van der Waals surface area contributed by atoms with Gasteiger partial charge in [0.05, 0.1) is 4.34 Å². The standard InChI is InChI=1S/C12H16ClN3O2S/c13-9-3-2-8(19-9)4-7-15-11(17)12(5-1-6-12)10(14)16-18/h2-3,18H,1,4-7H2,(H2,14,16)(H,15,17). The van der Waals surface area contributed by atoms with Gasteiger partial charge < -0.3 is 16.3 Å². The summed E-state index contributed by atoms with van der Waals surface area (Å²) in [7, 11) is 0. The monoisotopic (exact) mass is 301 g/mol. The summed E-state index contributed by atoms with van der Waals surface area (Å²) in [5.74, 6) is -0.146. The summed E-state index contributed by atoms with van der Waals surface area (Å²) >= 11 is 7.34. The Kier molecular flexibility index (Phi) is 4.31. The number of nitrogens with one attached hydrogen (secondary N) is 1. The highest BCUT2D eigenvalue weighted by Gasteiger charge is 2.48. The quantitative estimate of drug-likeness (QED) is 0.336. The van der Waals surface area contributed by atoms with Crippen LogP contribution in [0.4, 0.5) is 0 Å². The second kappa shape index (κ2) is 5.79. The van der Waals surface area contributed by atoms with Crippen molar-refractivity contribution in [2.75, 3.05) is 6.54 Å². The summed E-state index contributed by atoms with van der Waals surface area (Å²) in [5.41, 5.74) is 4.82. The number of nitrogens with zero attached hydrogens (tertiary/aromatic N) is 1. The van der Waals surface area contributed by atoms with E-state index in [-0.39, 0.29) is 11.7 Å². The van der Waals surface area contributed by atoms with Gasteiger partial charge in [-0.1, -0.05) is 23.2 Å². The third-order valence-electron chi connectivity index (χ3n) is 3.53. The number of carbonyl (C=O) groups is 1. The van der Waals surface area contributed by atoms with Gasteiger partial charge in [-0.25, -0.2) is 0 Å². The van der Waals surface area contributed by atoms with E-state index >= 15 is 0 Å². The highest BCUT2D eigenvalue weighted by Crippen LogP contribution is 2.41. The fraction of sp³-hybridized carbons (Fsp3) is 0.500. The van der Waals surface area contributed by atoms with Gasteiger partial charge >= 0.3 is 0 Å². The number of hydrogen-bond acceptors (Lipinski definition) is 4. The smallest absolute Gasteiger partial charge is 0.233 e. The molecule has 0 aliphatic heterocycles. The molecule has 7 heteroatoms. The van der Waals surface area contributed by atoms with Crippen molar-refractivity contribution in [3.63, 3.8) is 0 Å². The minimum atomic E-state index is -0.804. The zero-order valence-corrected chi connectivity index (χ0v) is 11.9. The van der Waals surface area contributed by atoms with E-state index in [0.717, 1.165) is 22.1 Å². The topological polar surface area (TPSA) is 87.7 Å². The molecule has 0 atom stereocenters. The van der Waals surface area contributed by atoms with Crippen LogP contribution in [0.1, 0.15) is 24.1 Å². The van der Waals surface area contributed by atoms with Crippen molar-refractivity contribution in [3.8, 4) is 0 Å². The first-order valence-electron chi connectivity index (χ1n) is 6.09. The van der Waals surface area contributed by atoms with Crippen LogP contribution in [0, 0.1) is 5.41 Å². The molecule has 4 N–H and O–H groups in total. The molecule has 0 unspecified atom stereocenters. The number of amidine groups is 1. The number of nitrogens with two attached hydrogens (primary N) is 1. The summed E-state index contributed by atoms with van der Waals surface area (Å²) in [4.78, 5) is 13.3. The van der Waals surface area contributed by atoms with Crippen LogP contribution in [0.15, 0.2) is 17.3 Å². The van der Waals surface area contributed by atoms with Crippen molar-refractivity contribution in [2.45, 2.75) is 25.7 Å². The van der Waals surface area contributed by atoms with Gasteiger partial charge in [-0.15, -0.1) is 11.3 Å². The lowest BCUT2D eigenvalue weighted by Gasteiger charge is -2.38. The minimum Gasteiger partial charge on any atom is -0.409 e. The van der Waals surface area contributed by atoms with Crippen LogP contribution in [0.2, 0.25) is 4.34 Å². The molecule has 1 heterocycles. The maximum atomic E-state index is 12.1. The minimum absolute atomic E-state index is 0.00965. The molecule has 5 nitrogen and oxygen atoms in total. The van der Waals surface area contributed by atoms with Crippen LogP contribution in [0.5, 0.6) is 0 Å². The van der Waals surface area contributed by atoms with E-state index in [2.05, 4.69) is 10.5 Å². The molecule has 19 heavy (non-hydrogen) atoms. The van der Waals surface area contributed by atoms with Gasteiger partial charge in [0.2, 0.25) is 5.91 Å². The van der Waals surface area contributed by atoms with Crippen molar-refractivity contribution < 1.29 is 10.0 Å². The number of oxime groups is 1. The Morgan fingerprint density at radius 2 is 2.32 bits per heavy atom. The lowest BCUT2D eigenvalue weighted by molar-refractivity contribution is -0.131. The molecule has 0 aromatic carbocycles. The molecule has 0 radical (unpaired) electrons. The summed E-state index contributed by atoms with van der Waals surface area (Å²) in [6.07, 6.45) is 2.93. The van der Waals surface area contributed by atoms with Crippen molar-refractivity contribution in [2.24, 2.45) is 16.3 Å². The van der Waals surface area contributed by atoms with Crippen LogP contribution in [0.3, 0.4) is 0 Å². The summed E-state index contributed by atoms with van der Waals surface area (Å²) < 4.78 is 0.744. The Morgan fingerprint density at radius 1 is 1.58 bits per heavy atom. The van der Waals surface area contributed by atoms with Crippen molar-refractivity contribution in [1.29, 1.82) is 0 Å². The van der Waals surface area contributed by atoms with Crippen LogP contribution in [0.25, 0.3) is 0 Å². The molecule has 1 amide bonds. The number of halogens is 1. The normalized spacial score (nSPS) is 17.8. The predicted molar refractivity (Wildman–Crippen MR) is 75.7 cm³/mol. The van der Waals surface area contributed by atoms with E-state index in [1.54, 1.807) is 0 Å². The van der Waals surface area contributed by atoms with Crippen LogP contribution in [-0.2, 0) is 11.2 Å². The van der Waals surface area contributed by atoms with E-state index < -0.39 is 5.41 Å². The van der Waals surface area contributed by atoms with E-state index in [4.69, 9.17) is 22.5 Å². The summed E-state index contributed by atoms with van der Waals surface area (Å²) in [6.45, 7) is 0.524. The van der Waals surface area contributed by atoms with Crippen molar-refractivity contribution in [3.05, 3.63) is 21.3 Å². The van der Waals surface area contributed by atoms with Gasteiger partial charge in [-0.2, -0.15) is 0 Å². The average Bonchev–Trinajstić information content (AvgIpc) is 2.73. The van der Waals surface area contributed by atoms with Gasteiger partial charge in [0.25, 0.3) is 0 Å². The molecule has 2 rings (SSSR count). The van der Waals surface area contributed by atoms with E-state index in [1.165, 1.54) is 11.3 Å². The fourth-order valence-corrected chi connectivity index (χ4v) is 3.27. The number of amides is 1. The first kappa shape index (κ1) is 14.1. The number of hydrogen-bond donors (Lipinski definition) is 3. The van der Waals surface area contributed by atoms with E-state index in [9.17, 15) is 4.79 Å². The molecule has 1 aromatic heterocycles. The van der Waals surface area contributed by atoms with Crippen molar-refractivity contribution >= 4 is 34.7 Å². The summed E-state index contributed by atoms with van der Waals surface area (Å²) in [5, 5.41) is 14.6. The molecule has 1 aliphatic rings. The maximum Gasteiger partial charge on any atom is 0.233 e. The number of rotatable bonds is 5. The first-order valence-corrected chi connectivity index (χ1v) is 7.28. The van der Waals surface area contributed by atoms with Crippen LogP contribution in [-0.4, -0.2) is 23.5 Å². The fourth-order valence-electron chi connectivity index (χ4n) is 2.18. The molecule has 1 aliphatic carbocycles. The van der Waals surface area contributed by atoms with Gasteiger partial charge in [0, 0.05) is 11.4 Å². The third-order valence-corrected chi connectivity index (χ3v) is 4.82. The SMILES string of the molecule is N/C(=N/O)C1(C(=O)NCCc2ccc(Cl)s2)CCC1. The lowest BCUT2D eigenvalue weighted by atomic mass is 9.67. The highest BCUT2D eigenvalue weighted by atomic mass is 35.5. The molecule has 0 saturated heterocycles. The third kappa shape index (κ3) is 2.84. The second-order valence-electron chi connectivity index (χ2n) is 4.63. The van der Waals surface area contributed by atoms with Gasteiger partial charge in [-0.05, 0) is 31.4 Å². The largest absolute Gasteiger partial charge is 0.409 e. The van der Waals surface area contributed by atoms with Gasteiger partial charge in [-0.3, -0.25) is 4.79 Å². The Labute approximate surface area is 120 Å². The lowest BCUT2D eigenvalue weighted by Crippen LogP contribution is -2.54. The Balaban J connectivity index is 1.87. The van der Waals surface area contributed by atoms with E-state index in [1.807, 2.05) is 12.1 Å². The van der Waals surface area contributed by atoms with Crippen molar-refractivity contribution in [1.82, 2.24) is 5.32 Å². The van der Waals surface area contributed by atoms with E-state index in [0.29, 0.717) is 19.4 Å². The molecule has 0 bridgehead atoms. The molecule has 0 spiro atoms. The zero-order valence-electron chi connectivity index (χ0n) is 10.4. The predicted octanol–water partition coefficient (Wildman–Crippen LogP) is 1.98. The molecule has 104 valence electrons. The average molecular weight is 302 g/mol. The maximum absolute atomic E-state index is 12.1. The molecule has 1 fully saturated rings. The summed E-state index contributed by atoms with van der Waals surface area (Å²) in [6, 6.07) is 3.79. The van der Waals surface area contributed by atoms with Gasteiger partial charge in [0.15, 0.2) is 5.84 Å². The highest BCUT2D eigenvalue weighted by molar-refractivity contribution is 7.16. The Bertz CT molecular complexity index is 497. The van der Waals surface area contributed by atoms with Crippen LogP contribution >= 0.6 is 22.9 Å². The van der Waals surface area contributed by atoms with Gasteiger partial charge in [0.1, 0.15) is 5.41 Å². The number of thiophene rings is 1. The Morgan fingerprint density at radius 3 is 2.79 bits per heavy atom. The van der Waals surface area contributed by atoms with Crippen LogP contribution < -0.4 is 11.1 Å².